The molecular weight excluding hydrogens is 134 g/mol. The number of nitrogens with zero attached hydrogens (tertiary/aromatic N) is 1. The van der Waals surface area contributed by atoms with Gasteiger partial charge in [0.05, 0.1) is 0 Å². The van der Waals surface area contributed by atoms with E-state index in [1.165, 1.54) is 6.42 Å². The van der Waals surface area contributed by atoms with E-state index in [1.54, 1.807) is 5.57 Å². The molecular formula is C10H17N. The van der Waals surface area contributed by atoms with Crippen LogP contribution >= 0.6 is 0 Å². The third-order valence-corrected chi connectivity index (χ3v) is 2.24. The zero-order chi connectivity index (χ0) is 8.27. The number of allylic oxidation sites excluding steroid dienone is 3. The van der Waals surface area contributed by atoms with Crippen molar-refractivity contribution < 1.29 is 0 Å². The van der Waals surface area contributed by atoms with Gasteiger partial charge in [0.25, 0.3) is 0 Å². The third kappa shape index (κ3) is 1.93. The molecule has 0 fully saturated rings. The van der Waals surface area contributed by atoms with Crippen molar-refractivity contribution in [3.8, 4) is 0 Å². The highest BCUT2D eigenvalue weighted by atomic mass is 15.1. The van der Waals surface area contributed by atoms with E-state index in [0.717, 1.165) is 6.42 Å². The third-order valence-electron chi connectivity index (χ3n) is 2.24. The van der Waals surface area contributed by atoms with Crippen molar-refractivity contribution in [1.29, 1.82) is 0 Å². The molecule has 0 saturated carbocycles. The quantitative estimate of drug-likeness (QED) is 0.597. The second-order valence-corrected chi connectivity index (χ2v) is 3.26. The van der Waals surface area contributed by atoms with Gasteiger partial charge in [-0.15, -0.1) is 0 Å². The molecule has 1 aliphatic rings. The van der Waals surface area contributed by atoms with Crippen LogP contribution in [0.5, 0.6) is 0 Å². The lowest BCUT2D eigenvalue weighted by atomic mass is 10.0. The Kier molecular flexibility index (Phi) is 2.89. The maximum Gasteiger partial charge on any atom is 0.0304 e. The fraction of sp³-hybridized carbons (Fsp3) is 0.600. The van der Waals surface area contributed by atoms with Gasteiger partial charge in [-0.1, -0.05) is 25.2 Å². The van der Waals surface area contributed by atoms with Crippen molar-refractivity contribution in [2.75, 3.05) is 14.1 Å². The summed E-state index contributed by atoms with van der Waals surface area (Å²) in [4.78, 5) is 2.29. The second-order valence-electron chi connectivity index (χ2n) is 3.26. The van der Waals surface area contributed by atoms with E-state index < -0.39 is 0 Å². The lowest BCUT2D eigenvalue weighted by Gasteiger charge is -2.24. The largest absolute Gasteiger partial charge is 0.303 e. The summed E-state index contributed by atoms with van der Waals surface area (Å²) in [5.74, 6) is 0. The number of hydrogen-bond donors (Lipinski definition) is 0. The fourth-order valence-corrected chi connectivity index (χ4v) is 1.67. The molecule has 0 saturated heterocycles. The van der Waals surface area contributed by atoms with Gasteiger partial charge in [0.1, 0.15) is 0 Å². The first-order chi connectivity index (χ1) is 5.25. The van der Waals surface area contributed by atoms with E-state index in [-0.39, 0.29) is 0 Å². The minimum Gasteiger partial charge on any atom is -0.303 e. The summed E-state index contributed by atoms with van der Waals surface area (Å²) in [6, 6.07) is 0.644. The molecule has 62 valence electrons. The Balaban J connectivity index is 2.56. The molecule has 1 atom stereocenters. The molecule has 0 radical (unpaired) electrons. The molecule has 0 amide bonds. The first-order valence-electron chi connectivity index (χ1n) is 4.27. The molecule has 0 spiro atoms. The predicted molar refractivity (Wildman–Crippen MR) is 49.6 cm³/mol. The summed E-state index contributed by atoms with van der Waals surface area (Å²) in [6.45, 7) is 2.24. The highest BCUT2D eigenvalue weighted by molar-refractivity contribution is 5.27. The standard InChI is InChI=1S/C10H17N/c1-4-10(11(2)3)9-7-5-6-8-9/h5-7,10H,4,8H2,1-3H3/t10-/m1/s1. The minimum absolute atomic E-state index is 0.644. The van der Waals surface area contributed by atoms with E-state index in [2.05, 4.69) is 44.1 Å². The van der Waals surface area contributed by atoms with Crippen molar-refractivity contribution in [1.82, 2.24) is 4.90 Å². The van der Waals surface area contributed by atoms with Gasteiger partial charge in [0.15, 0.2) is 0 Å². The van der Waals surface area contributed by atoms with Crippen LogP contribution in [0, 0.1) is 0 Å². The lowest BCUT2D eigenvalue weighted by Crippen LogP contribution is -2.28. The van der Waals surface area contributed by atoms with Gasteiger partial charge in [-0.05, 0) is 32.5 Å². The maximum absolute atomic E-state index is 2.29. The average molecular weight is 151 g/mol. The maximum atomic E-state index is 2.29. The normalized spacial score (nSPS) is 19.1. The van der Waals surface area contributed by atoms with Crippen LogP contribution in [-0.4, -0.2) is 25.0 Å². The first-order valence-corrected chi connectivity index (χ1v) is 4.27. The minimum atomic E-state index is 0.644. The van der Waals surface area contributed by atoms with Gasteiger partial charge in [-0.25, -0.2) is 0 Å². The van der Waals surface area contributed by atoms with Crippen LogP contribution in [0.2, 0.25) is 0 Å². The SMILES string of the molecule is CC[C@H](C1=CC=CC1)N(C)C. The van der Waals surface area contributed by atoms with Gasteiger partial charge in [-0.2, -0.15) is 0 Å². The molecule has 0 bridgehead atoms. The highest BCUT2D eigenvalue weighted by Gasteiger charge is 2.14. The Morgan fingerprint density at radius 3 is 2.64 bits per heavy atom. The average Bonchev–Trinajstić information content (AvgIpc) is 2.40. The van der Waals surface area contributed by atoms with Crippen LogP contribution in [-0.2, 0) is 0 Å². The van der Waals surface area contributed by atoms with Crippen molar-refractivity contribution in [2.45, 2.75) is 25.8 Å². The van der Waals surface area contributed by atoms with Crippen LogP contribution in [0.4, 0.5) is 0 Å². The summed E-state index contributed by atoms with van der Waals surface area (Å²) in [5, 5.41) is 0. The molecule has 1 nitrogen and oxygen atoms in total. The van der Waals surface area contributed by atoms with Crippen molar-refractivity contribution in [3.63, 3.8) is 0 Å². The summed E-state index contributed by atoms with van der Waals surface area (Å²) in [6.07, 6.45) is 8.98. The molecule has 0 heterocycles. The number of rotatable bonds is 3. The van der Waals surface area contributed by atoms with Crippen LogP contribution in [0.3, 0.4) is 0 Å². The molecule has 0 N–H and O–H groups in total. The monoisotopic (exact) mass is 151 g/mol. The van der Waals surface area contributed by atoms with Crippen LogP contribution in [0.25, 0.3) is 0 Å². The first kappa shape index (κ1) is 8.54. The van der Waals surface area contributed by atoms with Crippen LogP contribution in [0.15, 0.2) is 23.8 Å². The zero-order valence-corrected chi connectivity index (χ0v) is 7.67. The van der Waals surface area contributed by atoms with Gasteiger partial charge >= 0.3 is 0 Å². The second kappa shape index (κ2) is 3.72. The predicted octanol–water partition coefficient (Wildman–Crippen LogP) is 2.21. The molecule has 1 rings (SSSR count). The smallest absolute Gasteiger partial charge is 0.0304 e. The lowest BCUT2D eigenvalue weighted by molar-refractivity contribution is 0.320. The van der Waals surface area contributed by atoms with Crippen LogP contribution in [0.1, 0.15) is 19.8 Å². The summed E-state index contributed by atoms with van der Waals surface area (Å²) >= 11 is 0. The van der Waals surface area contributed by atoms with E-state index in [0.29, 0.717) is 6.04 Å². The van der Waals surface area contributed by atoms with E-state index in [9.17, 15) is 0 Å². The Labute approximate surface area is 69.4 Å². The van der Waals surface area contributed by atoms with E-state index >= 15 is 0 Å². The zero-order valence-electron chi connectivity index (χ0n) is 7.67. The Hall–Kier alpha value is -0.560. The molecule has 0 unspecified atom stereocenters. The Bertz CT molecular complexity index is 177. The summed E-state index contributed by atoms with van der Waals surface area (Å²) in [5.41, 5.74) is 1.55. The number of hydrogen-bond acceptors (Lipinski definition) is 1. The molecule has 0 aromatic rings. The molecule has 11 heavy (non-hydrogen) atoms. The number of likely N-dealkylation sites (N-methyl/N-ethyl adjacent to an activating group) is 1. The summed E-state index contributed by atoms with van der Waals surface area (Å²) in [7, 11) is 4.29. The van der Waals surface area contributed by atoms with Crippen LogP contribution < -0.4 is 0 Å². The topological polar surface area (TPSA) is 3.24 Å². The Morgan fingerprint density at radius 2 is 2.27 bits per heavy atom. The van der Waals surface area contributed by atoms with Gasteiger partial charge in [0.2, 0.25) is 0 Å². The van der Waals surface area contributed by atoms with Gasteiger partial charge in [-0.3, -0.25) is 0 Å². The van der Waals surface area contributed by atoms with Gasteiger partial charge < -0.3 is 4.90 Å². The summed E-state index contributed by atoms with van der Waals surface area (Å²) < 4.78 is 0. The van der Waals surface area contributed by atoms with Crippen molar-refractivity contribution in [2.24, 2.45) is 0 Å². The van der Waals surface area contributed by atoms with Gasteiger partial charge in [0, 0.05) is 6.04 Å². The molecule has 1 aliphatic carbocycles. The van der Waals surface area contributed by atoms with E-state index in [1.807, 2.05) is 0 Å². The molecule has 1 heteroatoms. The molecule has 0 aromatic carbocycles. The Morgan fingerprint density at radius 1 is 1.55 bits per heavy atom. The van der Waals surface area contributed by atoms with E-state index in [4.69, 9.17) is 0 Å². The van der Waals surface area contributed by atoms with Crippen molar-refractivity contribution in [3.05, 3.63) is 23.8 Å². The molecule has 0 aromatic heterocycles. The fourth-order valence-electron chi connectivity index (χ4n) is 1.67. The highest BCUT2D eigenvalue weighted by Crippen LogP contribution is 2.19. The molecule has 0 aliphatic heterocycles. The van der Waals surface area contributed by atoms with Crippen molar-refractivity contribution >= 4 is 0 Å².